The summed E-state index contributed by atoms with van der Waals surface area (Å²) in [5.41, 5.74) is -2.48. The van der Waals surface area contributed by atoms with Crippen LogP contribution in [0.1, 0.15) is 22.5 Å². The minimum absolute atomic E-state index is 0.00989. The van der Waals surface area contributed by atoms with Crippen molar-refractivity contribution in [2.75, 3.05) is 14.2 Å². The maximum atomic E-state index is 13.7. The summed E-state index contributed by atoms with van der Waals surface area (Å²) in [4.78, 5) is 29.4. The number of nitrogens with zero attached hydrogens (tertiary/aromatic N) is 5. The minimum atomic E-state index is -5.03. The molecule has 0 aliphatic carbocycles. The molecule has 2 heterocycles. The third-order valence-electron chi connectivity index (χ3n) is 5.52. The summed E-state index contributed by atoms with van der Waals surface area (Å²) in [5.74, 6) is -0.867. The summed E-state index contributed by atoms with van der Waals surface area (Å²) in [6.07, 6.45) is -4.33. The molecule has 206 valence electrons. The standard InChI is InChI=1S/C26H19ClF3N5O5/c1-38-19-5-3-15(4-6-19)12-35-24(36)21(39-2)10-18(33-35)13-34-14-32-23(26(28,29)30)22(25(34)37)40-20-8-16(11-31)7-17(27)9-20/h3-10,14H,12-13H2,1-2H3. The van der Waals surface area contributed by atoms with E-state index in [1.54, 1.807) is 30.3 Å². The van der Waals surface area contributed by atoms with E-state index in [0.29, 0.717) is 17.6 Å². The Balaban J connectivity index is 1.74. The molecule has 0 amide bonds. The van der Waals surface area contributed by atoms with Crippen molar-refractivity contribution in [3.63, 3.8) is 0 Å². The lowest BCUT2D eigenvalue weighted by molar-refractivity contribution is -0.142. The molecule has 2 aromatic carbocycles. The number of aromatic nitrogens is 4. The van der Waals surface area contributed by atoms with Gasteiger partial charge >= 0.3 is 11.7 Å². The second kappa shape index (κ2) is 11.5. The Morgan fingerprint density at radius 2 is 1.70 bits per heavy atom. The van der Waals surface area contributed by atoms with Crippen LogP contribution in [0.2, 0.25) is 5.02 Å². The topological polar surface area (TPSA) is 121 Å². The Morgan fingerprint density at radius 1 is 0.975 bits per heavy atom. The van der Waals surface area contributed by atoms with Crippen molar-refractivity contribution < 1.29 is 27.4 Å². The average Bonchev–Trinajstić information content (AvgIpc) is 2.92. The molecule has 0 spiro atoms. The molecule has 0 bridgehead atoms. The summed E-state index contributed by atoms with van der Waals surface area (Å²) >= 11 is 5.93. The number of benzene rings is 2. The van der Waals surface area contributed by atoms with Gasteiger partial charge in [-0.05, 0) is 35.9 Å². The van der Waals surface area contributed by atoms with E-state index in [1.807, 2.05) is 0 Å². The molecule has 0 aliphatic rings. The van der Waals surface area contributed by atoms with Crippen LogP contribution in [0.15, 0.2) is 64.4 Å². The number of hydrogen-bond acceptors (Lipinski definition) is 8. The van der Waals surface area contributed by atoms with Crippen molar-refractivity contribution in [3.8, 4) is 29.1 Å². The number of ether oxygens (including phenoxy) is 3. The fourth-order valence-electron chi connectivity index (χ4n) is 3.66. The second-order valence-electron chi connectivity index (χ2n) is 8.26. The lowest BCUT2D eigenvalue weighted by Crippen LogP contribution is -2.29. The molecule has 4 rings (SSSR count). The molecule has 0 saturated heterocycles. The highest BCUT2D eigenvalue weighted by atomic mass is 35.5. The number of rotatable bonds is 8. The van der Waals surface area contributed by atoms with E-state index in [2.05, 4.69) is 10.1 Å². The second-order valence-corrected chi connectivity index (χ2v) is 8.69. The van der Waals surface area contributed by atoms with Crippen LogP contribution in [0, 0.1) is 11.3 Å². The zero-order valence-electron chi connectivity index (χ0n) is 20.9. The van der Waals surface area contributed by atoms with Gasteiger partial charge < -0.3 is 14.2 Å². The van der Waals surface area contributed by atoms with E-state index >= 15 is 0 Å². The van der Waals surface area contributed by atoms with Gasteiger partial charge in [0.25, 0.3) is 5.56 Å². The summed E-state index contributed by atoms with van der Waals surface area (Å²) in [7, 11) is 2.79. The summed E-state index contributed by atoms with van der Waals surface area (Å²) in [6.45, 7) is -0.337. The van der Waals surface area contributed by atoms with Gasteiger partial charge in [0.2, 0.25) is 5.75 Å². The highest BCUT2D eigenvalue weighted by molar-refractivity contribution is 6.30. The van der Waals surface area contributed by atoms with Crippen LogP contribution in [0.4, 0.5) is 13.2 Å². The van der Waals surface area contributed by atoms with E-state index in [-0.39, 0.29) is 40.9 Å². The number of hydrogen-bond donors (Lipinski definition) is 0. The molecule has 40 heavy (non-hydrogen) atoms. The van der Waals surface area contributed by atoms with E-state index in [0.717, 1.165) is 21.4 Å². The van der Waals surface area contributed by atoms with Crippen molar-refractivity contribution in [1.82, 2.24) is 19.3 Å². The maximum Gasteiger partial charge on any atom is 0.437 e. The summed E-state index contributed by atoms with van der Waals surface area (Å²) in [5, 5.41) is 13.4. The smallest absolute Gasteiger partial charge is 0.437 e. The first-order valence-corrected chi connectivity index (χ1v) is 11.7. The van der Waals surface area contributed by atoms with Gasteiger partial charge in [-0.25, -0.2) is 9.67 Å². The lowest BCUT2D eigenvalue weighted by Gasteiger charge is -2.15. The Kier molecular flexibility index (Phi) is 8.11. The highest BCUT2D eigenvalue weighted by Crippen LogP contribution is 2.35. The van der Waals surface area contributed by atoms with Crippen LogP contribution < -0.4 is 25.3 Å². The molecule has 0 atom stereocenters. The number of alkyl halides is 3. The normalized spacial score (nSPS) is 11.1. The van der Waals surface area contributed by atoms with Crippen LogP contribution >= 0.6 is 11.6 Å². The quantitative estimate of drug-likeness (QED) is 0.307. The Labute approximate surface area is 229 Å². The maximum absolute atomic E-state index is 13.7. The first kappa shape index (κ1) is 28.2. The zero-order chi connectivity index (χ0) is 29.0. The van der Waals surface area contributed by atoms with Gasteiger partial charge in [0, 0.05) is 11.1 Å². The lowest BCUT2D eigenvalue weighted by atomic mass is 10.2. The van der Waals surface area contributed by atoms with Gasteiger partial charge in [-0.2, -0.15) is 23.5 Å². The minimum Gasteiger partial charge on any atom is -0.497 e. The number of halogens is 4. The molecule has 0 unspecified atom stereocenters. The molecule has 0 radical (unpaired) electrons. The van der Waals surface area contributed by atoms with E-state index in [1.165, 1.54) is 26.4 Å². The van der Waals surface area contributed by atoms with Gasteiger partial charge in [0.05, 0.1) is 51.0 Å². The third kappa shape index (κ3) is 6.24. The molecule has 0 N–H and O–H groups in total. The summed E-state index contributed by atoms with van der Waals surface area (Å²) < 4.78 is 58.7. The van der Waals surface area contributed by atoms with Gasteiger partial charge in [-0.1, -0.05) is 23.7 Å². The van der Waals surface area contributed by atoms with E-state index in [4.69, 9.17) is 31.1 Å². The Morgan fingerprint density at radius 3 is 2.33 bits per heavy atom. The molecule has 14 heteroatoms. The van der Waals surface area contributed by atoms with Gasteiger partial charge in [-0.15, -0.1) is 0 Å². The van der Waals surface area contributed by atoms with E-state index in [9.17, 15) is 22.8 Å². The van der Waals surface area contributed by atoms with Crippen molar-refractivity contribution >= 4 is 11.6 Å². The molecule has 4 aromatic rings. The highest BCUT2D eigenvalue weighted by Gasteiger charge is 2.39. The first-order valence-electron chi connectivity index (χ1n) is 11.4. The molecular weight excluding hydrogens is 555 g/mol. The molecule has 0 aliphatic heterocycles. The van der Waals surface area contributed by atoms with Crippen LogP contribution in [0.5, 0.6) is 23.0 Å². The average molecular weight is 574 g/mol. The van der Waals surface area contributed by atoms with Gasteiger partial charge in [0.1, 0.15) is 11.5 Å². The molecule has 10 nitrogen and oxygen atoms in total. The number of nitriles is 1. The fourth-order valence-corrected chi connectivity index (χ4v) is 3.88. The largest absolute Gasteiger partial charge is 0.497 e. The van der Waals surface area contributed by atoms with Crippen molar-refractivity contribution in [2.45, 2.75) is 19.3 Å². The van der Waals surface area contributed by atoms with Crippen LogP contribution in [-0.2, 0) is 19.3 Å². The molecule has 2 aromatic heterocycles. The molecular formula is C26H19ClF3N5O5. The van der Waals surface area contributed by atoms with Crippen molar-refractivity contribution in [1.29, 1.82) is 5.26 Å². The predicted octanol–water partition coefficient (Wildman–Crippen LogP) is 4.25. The predicted molar refractivity (Wildman–Crippen MR) is 136 cm³/mol. The monoisotopic (exact) mass is 573 g/mol. The van der Waals surface area contributed by atoms with Gasteiger partial charge in [0.15, 0.2) is 11.4 Å². The first-order chi connectivity index (χ1) is 19.0. The Bertz CT molecular complexity index is 1710. The number of methoxy groups -OCH3 is 2. The van der Waals surface area contributed by atoms with Gasteiger partial charge in [-0.3, -0.25) is 14.2 Å². The Hall–Kier alpha value is -4.83. The summed E-state index contributed by atoms with van der Waals surface area (Å²) in [6, 6.07) is 13.5. The zero-order valence-corrected chi connectivity index (χ0v) is 21.7. The SMILES string of the molecule is COc1ccc(Cn2nc(Cn3cnc(C(F)(F)F)c(Oc4cc(Cl)cc(C#N)c4)c3=O)cc(OC)c2=O)cc1. The molecule has 0 fully saturated rings. The van der Waals surface area contributed by atoms with Crippen LogP contribution in [0.3, 0.4) is 0 Å². The fraction of sp³-hybridized carbons (Fsp3) is 0.192. The van der Waals surface area contributed by atoms with Crippen LogP contribution in [-0.4, -0.2) is 33.6 Å². The van der Waals surface area contributed by atoms with Crippen LogP contribution in [0.25, 0.3) is 0 Å². The third-order valence-corrected chi connectivity index (χ3v) is 5.74. The van der Waals surface area contributed by atoms with E-state index < -0.39 is 28.7 Å². The van der Waals surface area contributed by atoms with Crippen molar-refractivity contribution in [3.05, 3.63) is 103 Å². The van der Waals surface area contributed by atoms with Crippen molar-refractivity contribution in [2.24, 2.45) is 0 Å². The molecule has 0 saturated carbocycles.